The number of aromatic nitrogens is 2. The molecule has 150 valence electrons. The van der Waals surface area contributed by atoms with E-state index in [1.54, 1.807) is 13.4 Å². The highest BCUT2D eigenvalue weighted by atomic mass is 16.5. The van der Waals surface area contributed by atoms with E-state index in [-0.39, 0.29) is 11.9 Å². The van der Waals surface area contributed by atoms with Crippen LogP contribution in [-0.4, -0.2) is 47.1 Å². The SMILES string of the molecule is COc1cc(N2CCN(C(C)c3ccccc3)C(=O)C2)ccc1-n1cnc(C)c1. The molecule has 0 radical (unpaired) electrons. The van der Waals surface area contributed by atoms with E-state index in [0.717, 1.165) is 34.9 Å². The predicted molar refractivity (Wildman–Crippen MR) is 114 cm³/mol. The summed E-state index contributed by atoms with van der Waals surface area (Å²) >= 11 is 0. The first kappa shape index (κ1) is 19.1. The van der Waals surface area contributed by atoms with Crippen molar-refractivity contribution in [3.63, 3.8) is 0 Å². The number of carbonyl (C=O) groups is 1. The van der Waals surface area contributed by atoms with Gasteiger partial charge in [0.2, 0.25) is 5.91 Å². The van der Waals surface area contributed by atoms with E-state index in [2.05, 4.69) is 28.9 Å². The fourth-order valence-electron chi connectivity index (χ4n) is 3.86. The summed E-state index contributed by atoms with van der Waals surface area (Å²) < 4.78 is 7.56. The Balaban J connectivity index is 1.51. The van der Waals surface area contributed by atoms with Crippen molar-refractivity contribution in [1.82, 2.24) is 14.5 Å². The quantitative estimate of drug-likeness (QED) is 0.668. The number of benzene rings is 2. The lowest BCUT2D eigenvalue weighted by molar-refractivity contribution is -0.133. The second-order valence-electron chi connectivity index (χ2n) is 7.37. The zero-order valence-electron chi connectivity index (χ0n) is 17.1. The molecule has 1 aromatic heterocycles. The molecule has 0 aliphatic carbocycles. The Labute approximate surface area is 171 Å². The minimum Gasteiger partial charge on any atom is -0.494 e. The molecule has 29 heavy (non-hydrogen) atoms. The van der Waals surface area contributed by atoms with Gasteiger partial charge in [-0.05, 0) is 31.5 Å². The monoisotopic (exact) mass is 390 g/mol. The third kappa shape index (κ3) is 3.83. The highest BCUT2D eigenvalue weighted by molar-refractivity contribution is 5.83. The third-order valence-electron chi connectivity index (χ3n) is 5.53. The smallest absolute Gasteiger partial charge is 0.242 e. The number of hydrogen-bond donors (Lipinski definition) is 0. The summed E-state index contributed by atoms with van der Waals surface area (Å²) in [6.45, 7) is 5.89. The highest BCUT2D eigenvalue weighted by Crippen LogP contribution is 2.30. The first-order valence-corrected chi connectivity index (χ1v) is 9.85. The van der Waals surface area contributed by atoms with Crippen LogP contribution in [0.3, 0.4) is 0 Å². The third-order valence-corrected chi connectivity index (χ3v) is 5.53. The molecule has 1 saturated heterocycles. The molecule has 6 nitrogen and oxygen atoms in total. The number of rotatable bonds is 5. The van der Waals surface area contributed by atoms with Crippen LogP contribution in [0.1, 0.15) is 24.2 Å². The Bertz CT molecular complexity index is 999. The highest BCUT2D eigenvalue weighted by Gasteiger charge is 2.28. The van der Waals surface area contributed by atoms with Gasteiger partial charge in [-0.1, -0.05) is 30.3 Å². The van der Waals surface area contributed by atoms with Gasteiger partial charge in [-0.15, -0.1) is 0 Å². The summed E-state index contributed by atoms with van der Waals surface area (Å²) in [7, 11) is 1.66. The van der Waals surface area contributed by atoms with Crippen LogP contribution in [0.4, 0.5) is 5.69 Å². The Morgan fingerprint density at radius 1 is 1.10 bits per heavy atom. The van der Waals surface area contributed by atoms with Gasteiger partial charge in [0.15, 0.2) is 0 Å². The molecule has 6 heteroatoms. The Hall–Kier alpha value is -3.28. The molecule has 0 bridgehead atoms. The lowest BCUT2D eigenvalue weighted by Crippen LogP contribution is -2.51. The number of hydrogen-bond acceptors (Lipinski definition) is 4. The molecule has 2 aromatic carbocycles. The van der Waals surface area contributed by atoms with Crippen LogP contribution in [0.2, 0.25) is 0 Å². The summed E-state index contributed by atoms with van der Waals surface area (Å²) in [6.07, 6.45) is 3.74. The van der Waals surface area contributed by atoms with Gasteiger partial charge in [-0.25, -0.2) is 4.98 Å². The number of amides is 1. The molecule has 1 aliphatic heterocycles. The van der Waals surface area contributed by atoms with Crippen LogP contribution in [0.15, 0.2) is 61.1 Å². The zero-order valence-corrected chi connectivity index (χ0v) is 17.1. The molecule has 0 saturated carbocycles. The van der Waals surface area contributed by atoms with Crippen LogP contribution in [-0.2, 0) is 4.79 Å². The predicted octanol–water partition coefficient (Wildman–Crippen LogP) is 3.60. The van der Waals surface area contributed by atoms with Crippen molar-refractivity contribution >= 4 is 11.6 Å². The van der Waals surface area contributed by atoms with E-state index in [9.17, 15) is 4.79 Å². The molecule has 1 unspecified atom stereocenters. The number of anilines is 1. The summed E-state index contributed by atoms with van der Waals surface area (Å²) in [5, 5.41) is 0. The van der Waals surface area contributed by atoms with Gasteiger partial charge in [0.05, 0.1) is 37.4 Å². The largest absolute Gasteiger partial charge is 0.494 e. The molecule has 1 amide bonds. The number of carbonyl (C=O) groups excluding carboxylic acids is 1. The molecule has 3 aromatic rings. The van der Waals surface area contributed by atoms with Crippen molar-refractivity contribution < 1.29 is 9.53 Å². The molecule has 0 spiro atoms. The standard InChI is InChI=1S/C23H26N4O2/c1-17-14-26(16-24-17)21-10-9-20(13-22(21)29-3)25-11-12-27(23(28)15-25)18(2)19-7-5-4-6-8-19/h4-10,13-14,16,18H,11-12,15H2,1-3H3. The number of piperazine rings is 1. The van der Waals surface area contributed by atoms with Crippen LogP contribution < -0.4 is 9.64 Å². The summed E-state index contributed by atoms with van der Waals surface area (Å²) in [4.78, 5) is 21.2. The second kappa shape index (κ2) is 7.99. The molecular formula is C23H26N4O2. The summed E-state index contributed by atoms with van der Waals surface area (Å²) in [5.74, 6) is 0.897. The molecule has 1 fully saturated rings. The number of ether oxygens (including phenoxy) is 1. The van der Waals surface area contributed by atoms with Crippen LogP contribution in [0, 0.1) is 6.92 Å². The Kier molecular flexibility index (Phi) is 5.25. The van der Waals surface area contributed by atoms with Gasteiger partial charge in [0.25, 0.3) is 0 Å². The van der Waals surface area contributed by atoms with Gasteiger partial charge < -0.3 is 19.1 Å². The maximum atomic E-state index is 12.9. The Morgan fingerprint density at radius 3 is 2.55 bits per heavy atom. The topological polar surface area (TPSA) is 50.6 Å². The summed E-state index contributed by atoms with van der Waals surface area (Å²) in [5.41, 5.74) is 4.03. The zero-order chi connectivity index (χ0) is 20.4. The number of methoxy groups -OCH3 is 1. The first-order valence-electron chi connectivity index (χ1n) is 9.85. The number of imidazole rings is 1. The van der Waals surface area contributed by atoms with E-state index in [1.807, 2.05) is 59.0 Å². The first-order chi connectivity index (χ1) is 14.1. The van der Waals surface area contributed by atoms with Gasteiger partial charge in [0, 0.05) is 31.0 Å². The van der Waals surface area contributed by atoms with Crippen molar-refractivity contribution in [3.8, 4) is 11.4 Å². The average molecular weight is 390 g/mol. The lowest BCUT2D eigenvalue weighted by Gasteiger charge is -2.39. The van der Waals surface area contributed by atoms with E-state index < -0.39 is 0 Å². The summed E-state index contributed by atoms with van der Waals surface area (Å²) in [6, 6.07) is 16.3. The van der Waals surface area contributed by atoms with Crippen molar-refractivity contribution in [2.75, 3.05) is 31.6 Å². The minimum absolute atomic E-state index is 0.0762. The van der Waals surface area contributed by atoms with Gasteiger partial charge >= 0.3 is 0 Å². The van der Waals surface area contributed by atoms with E-state index >= 15 is 0 Å². The van der Waals surface area contributed by atoms with Gasteiger partial charge in [0.1, 0.15) is 5.75 Å². The van der Waals surface area contributed by atoms with E-state index in [0.29, 0.717) is 13.1 Å². The molecule has 2 heterocycles. The van der Waals surface area contributed by atoms with E-state index in [4.69, 9.17) is 4.74 Å². The number of nitrogens with zero attached hydrogens (tertiary/aromatic N) is 4. The van der Waals surface area contributed by atoms with Gasteiger partial charge in [-0.3, -0.25) is 4.79 Å². The fourth-order valence-corrected chi connectivity index (χ4v) is 3.86. The van der Waals surface area contributed by atoms with Crippen molar-refractivity contribution in [1.29, 1.82) is 0 Å². The van der Waals surface area contributed by atoms with Crippen LogP contribution in [0.5, 0.6) is 5.75 Å². The molecule has 1 atom stereocenters. The minimum atomic E-state index is 0.0762. The molecule has 1 aliphatic rings. The van der Waals surface area contributed by atoms with Crippen molar-refractivity contribution in [2.24, 2.45) is 0 Å². The second-order valence-corrected chi connectivity index (χ2v) is 7.37. The number of aryl methyl sites for hydroxylation is 1. The van der Waals surface area contributed by atoms with Crippen molar-refractivity contribution in [2.45, 2.75) is 19.9 Å². The maximum absolute atomic E-state index is 12.9. The van der Waals surface area contributed by atoms with Crippen LogP contribution >= 0.6 is 0 Å². The fraction of sp³-hybridized carbons (Fsp3) is 0.304. The molecule has 0 N–H and O–H groups in total. The Morgan fingerprint density at radius 2 is 1.90 bits per heavy atom. The van der Waals surface area contributed by atoms with Crippen molar-refractivity contribution in [3.05, 3.63) is 72.3 Å². The normalized spacial score (nSPS) is 15.5. The van der Waals surface area contributed by atoms with E-state index in [1.165, 1.54) is 0 Å². The average Bonchev–Trinajstić information content (AvgIpc) is 3.19. The molecular weight excluding hydrogens is 364 g/mol. The van der Waals surface area contributed by atoms with Gasteiger partial charge in [-0.2, -0.15) is 0 Å². The lowest BCUT2D eigenvalue weighted by atomic mass is 10.1. The maximum Gasteiger partial charge on any atom is 0.242 e. The van der Waals surface area contributed by atoms with Crippen LogP contribution in [0.25, 0.3) is 5.69 Å². The molecule has 4 rings (SSSR count).